The molecule has 0 aliphatic carbocycles. The Kier molecular flexibility index (Phi) is 4.36. The number of nitrogens with one attached hydrogen (secondary N) is 1. The molecule has 4 heteroatoms. The Labute approximate surface area is 125 Å². The van der Waals surface area contributed by atoms with Gasteiger partial charge in [0.2, 0.25) is 0 Å². The average molecular weight is 284 g/mol. The standard InChI is InChI=1S/C17H20N2O2/c1-18-15(6-4-13-3-2-8-19-12-13)14-5-7-16-17(11-14)21-10-9-20-16/h2-3,5,7-8,11-12,15,18H,4,6,9-10H2,1H3. The van der Waals surface area contributed by atoms with Gasteiger partial charge in [0, 0.05) is 18.4 Å². The van der Waals surface area contributed by atoms with Crippen LogP contribution >= 0.6 is 0 Å². The lowest BCUT2D eigenvalue weighted by atomic mass is 9.99. The summed E-state index contributed by atoms with van der Waals surface area (Å²) in [5.41, 5.74) is 2.49. The number of benzene rings is 1. The zero-order chi connectivity index (χ0) is 14.5. The summed E-state index contributed by atoms with van der Waals surface area (Å²) in [7, 11) is 1.99. The number of hydrogen-bond donors (Lipinski definition) is 1. The van der Waals surface area contributed by atoms with Gasteiger partial charge >= 0.3 is 0 Å². The molecule has 0 saturated heterocycles. The molecule has 1 atom stereocenters. The zero-order valence-electron chi connectivity index (χ0n) is 12.2. The molecule has 3 rings (SSSR count). The van der Waals surface area contributed by atoms with E-state index in [1.807, 2.05) is 25.4 Å². The highest BCUT2D eigenvalue weighted by molar-refractivity contribution is 5.44. The lowest BCUT2D eigenvalue weighted by molar-refractivity contribution is 0.171. The van der Waals surface area contributed by atoms with E-state index in [2.05, 4.69) is 28.5 Å². The minimum Gasteiger partial charge on any atom is -0.486 e. The lowest BCUT2D eigenvalue weighted by Gasteiger charge is -2.22. The first-order valence-electron chi connectivity index (χ1n) is 7.32. The van der Waals surface area contributed by atoms with Crippen molar-refractivity contribution in [1.29, 1.82) is 0 Å². The summed E-state index contributed by atoms with van der Waals surface area (Å²) in [6.45, 7) is 1.25. The number of pyridine rings is 1. The summed E-state index contributed by atoms with van der Waals surface area (Å²) >= 11 is 0. The summed E-state index contributed by atoms with van der Waals surface area (Å²) < 4.78 is 11.2. The van der Waals surface area contributed by atoms with Crippen LogP contribution in [-0.4, -0.2) is 25.2 Å². The number of ether oxygens (including phenoxy) is 2. The molecule has 0 radical (unpaired) electrons. The third-order valence-electron chi connectivity index (χ3n) is 3.76. The molecule has 110 valence electrons. The minimum atomic E-state index is 0.293. The molecule has 2 aromatic rings. The van der Waals surface area contributed by atoms with Crippen LogP contribution in [0, 0.1) is 0 Å². The number of nitrogens with zero attached hydrogens (tertiary/aromatic N) is 1. The summed E-state index contributed by atoms with van der Waals surface area (Å²) in [5.74, 6) is 1.69. The van der Waals surface area contributed by atoms with Crippen LogP contribution in [0.3, 0.4) is 0 Å². The largest absolute Gasteiger partial charge is 0.486 e. The van der Waals surface area contributed by atoms with E-state index in [4.69, 9.17) is 9.47 Å². The molecule has 0 spiro atoms. The average Bonchev–Trinajstić information content (AvgIpc) is 2.56. The first kappa shape index (κ1) is 13.9. The maximum atomic E-state index is 5.66. The maximum Gasteiger partial charge on any atom is 0.161 e. The minimum absolute atomic E-state index is 0.293. The molecule has 1 aliphatic heterocycles. The van der Waals surface area contributed by atoms with Crippen molar-refractivity contribution in [2.75, 3.05) is 20.3 Å². The van der Waals surface area contributed by atoms with E-state index in [0.717, 1.165) is 24.3 Å². The van der Waals surface area contributed by atoms with Crippen molar-refractivity contribution in [3.63, 3.8) is 0 Å². The predicted octanol–water partition coefficient (Wildman–Crippen LogP) is 2.75. The Balaban J connectivity index is 1.71. The summed E-state index contributed by atoms with van der Waals surface area (Å²) in [6.07, 6.45) is 5.74. The fraction of sp³-hybridized carbons (Fsp3) is 0.353. The Morgan fingerprint density at radius 2 is 2.05 bits per heavy atom. The van der Waals surface area contributed by atoms with Crippen molar-refractivity contribution in [3.8, 4) is 11.5 Å². The monoisotopic (exact) mass is 284 g/mol. The van der Waals surface area contributed by atoms with Crippen LogP contribution in [0.1, 0.15) is 23.6 Å². The number of fused-ring (bicyclic) bond motifs is 1. The van der Waals surface area contributed by atoms with Gasteiger partial charge in [0.05, 0.1) is 0 Å². The molecule has 1 aliphatic rings. The summed E-state index contributed by atoms with van der Waals surface area (Å²) in [4.78, 5) is 4.16. The van der Waals surface area contributed by atoms with Gasteiger partial charge in [-0.1, -0.05) is 12.1 Å². The van der Waals surface area contributed by atoms with Crippen LogP contribution in [0.15, 0.2) is 42.7 Å². The fourth-order valence-corrected chi connectivity index (χ4v) is 2.61. The van der Waals surface area contributed by atoms with Gasteiger partial charge in [-0.2, -0.15) is 0 Å². The van der Waals surface area contributed by atoms with Crippen LogP contribution in [0.4, 0.5) is 0 Å². The van der Waals surface area contributed by atoms with Gasteiger partial charge in [-0.15, -0.1) is 0 Å². The van der Waals surface area contributed by atoms with Crippen LogP contribution in [0.5, 0.6) is 11.5 Å². The van der Waals surface area contributed by atoms with Crippen molar-refractivity contribution in [2.24, 2.45) is 0 Å². The van der Waals surface area contributed by atoms with Gasteiger partial charge in [-0.25, -0.2) is 0 Å². The normalized spacial score (nSPS) is 14.7. The quantitative estimate of drug-likeness (QED) is 0.917. The first-order chi connectivity index (χ1) is 10.4. The Hall–Kier alpha value is -2.07. The van der Waals surface area contributed by atoms with E-state index in [1.54, 1.807) is 6.20 Å². The molecule has 21 heavy (non-hydrogen) atoms. The highest BCUT2D eigenvalue weighted by Gasteiger charge is 2.16. The second-order valence-corrected chi connectivity index (χ2v) is 5.14. The van der Waals surface area contributed by atoms with Crippen molar-refractivity contribution >= 4 is 0 Å². The Morgan fingerprint density at radius 1 is 1.19 bits per heavy atom. The van der Waals surface area contributed by atoms with Gasteiger partial charge in [0.1, 0.15) is 13.2 Å². The smallest absolute Gasteiger partial charge is 0.161 e. The predicted molar refractivity (Wildman–Crippen MR) is 81.8 cm³/mol. The van der Waals surface area contributed by atoms with E-state index in [9.17, 15) is 0 Å². The van der Waals surface area contributed by atoms with E-state index in [0.29, 0.717) is 19.3 Å². The molecule has 4 nitrogen and oxygen atoms in total. The van der Waals surface area contributed by atoms with Crippen molar-refractivity contribution in [3.05, 3.63) is 53.9 Å². The second-order valence-electron chi connectivity index (χ2n) is 5.14. The van der Waals surface area contributed by atoms with Crippen molar-refractivity contribution in [2.45, 2.75) is 18.9 Å². The van der Waals surface area contributed by atoms with E-state index >= 15 is 0 Å². The number of aromatic nitrogens is 1. The molecule has 1 aromatic heterocycles. The molecule has 0 fully saturated rings. The third-order valence-corrected chi connectivity index (χ3v) is 3.76. The highest BCUT2D eigenvalue weighted by Crippen LogP contribution is 2.33. The highest BCUT2D eigenvalue weighted by atomic mass is 16.6. The molecule has 1 unspecified atom stereocenters. The molecular formula is C17H20N2O2. The SMILES string of the molecule is CNC(CCc1cccnc1)c1ccc2c(c1)OCCO2. The fourth-order valence-electron chi connectivity index (χ4n) is 2.61. The zero-order valence-corrected chi connectivity index (χ0v) is 12.2. The molecular weight excluding hydrogens is 264 g/mol. The lowest BCUT2D eigenvalue weighted by Crippen LogP contribution is -2.19. The van der Waals surface area contributed by atoms with Gasteiger partial charge in [-0.3, -0.25) is 4.98 Å². The molecule has 0 bridgehead atoms. The van der Waals surface area contributed by atoms with Crippen LogP contribution < -0.4 is 14.8 Å². The van der Waals surface area contributed by atoms with Gasteiger partial charge in [0.25, 0.3) is 0 Å². The van der Waals surface area contributed by atoms with E-state index in [-0.39, 0.29) is 0 Å². The Morgan fingerprint density at radius 3 is 2.81 bits per heavy atom. The van der Waals surface area contributed by atoms with Crippen molar-refractivity contribution in [1.82, 2.24) is 10.3 Å². The maximum absolute atomic E-state index is 5.66. The van der Waals surface area contributed by atoms with E-state index < -0.39 is 0 Å². The van der Waals surface area contributed by atoms with Gasteiger partial charge < -0.3 is 14.8 Å². The van der Waals surface area contributed by atoms with E-state index in [1.165, 1.54) is 11.1 Å². The van der Waals surface area contributed by atoms with Crippen LogP contribution in [-0.2, 0) is 6.42 Å². The number of hydrogen-bond acceptors (Lipinski definition) is 4. The summed E-state index contributed by atoms with van der Waals surface area (Å²) in [6, 6.07) is 10.6. The third kappa shape index (κ3) is 3.34. The molecule has 1 N–H and O–H groups in total. The summed E-state index contributed by atoms with van der Waals surface area (Å²) in [5, 5.41) is 3.38. The van der Waals surface area contributed by atoms with Crippen LogP contribution in [0.2, 0.25) is 0 Å². The van der Waals surface area contributed by atoms with Gasteiger partial charge in [-0.05, 0) is 49.2 Å². The topological polar surface area (TPSA) is 43.4 Å². The molecule has 0 saturated carbocycles. The van der Waals surface area contributed by atoms with Gasteiger partial charge in [0.15, 0.2) is 11.5 Å². The molecule has 1 aromatic carbocycles. The Bertz CT molecular complexity index is 587. The molecule has 2 heterocycles. The number of aryl methyl sites for hydroxylation is 1. The molecule has 0 amide bonds. The first-order valence-corrected chi connectivity index (χ1v) is 7.32. The second kappa shape index (κ2) is 6.59. The van der Waals surface area contributed by atoms with Crippen LogP contribution in [0.25, 0.3) is 0 Å². The number of rotatable bonds is 5. The van der Waals surface area contributed by atoms with Crippen molar-refractivity contribution < 1.29 is 9.47 Å².